The van der Waals surface area contributed by atoms with Crippen LogP contribution in [0.2, 0.25) is 0 Å². The highest BCUT2D eigenvalue weighted by molar-refractivity contribution is 5.25. The predicted octanol–water partition coefficient (Wildman–Crippen LogP) is 14.8. The molecule has 0 aromatic rings. The Balaban J connectivity index is 0.933. The average molecular weight is 894 g/mol. The number of hydrogen-bond donors (Lipinski definition) is 0. The van der Waals surface area contributed by atoms with E-state index in [-0.39, 0.29) is 6.10 Å². The van der Waals surface area contributed by atoms with Crippen molar-refractivity contribution in [3.05, 3.63) is 36.0 Å². The van der Waals surface area contributed by atoms with Crippen molar-refractivity contribution in [1.82, 2.24) is 4.90 Å². The third kappa shape index (κ3) is 16.9. The summed E-state index contributed by atoms with van der Waals surface area (Å²) in [7, 11) is 0. The molecule has 5 aliphatic rings. The maximum absolute atomic E-state index is 6.53. The number of nitrogens with zero attached hydrogens (tertiary/aromatic N) is 1. The maximum Gasteiger partial charge on any atom is 0.0936 e. The molecule has 3 saturated carbocycles. The van der Waals surface area contributed by atoms with Crippen molar-refractivity contribution in [3.63, 3.8) is 0 Å². The van der Waals surface area contributed by atoms with Gasteiger partial charge in [-0.15, -0.1) is 0 Å². The summed E-state index contributed by atoms with van der Waals surface area (Å²) in [5.74, 6) is 5.40. The average Bonchev–Trinajstić information content (AvgIpc) is 3.64. The van der Waals surface area contributed by atoms with Crippen molar-refractivity contribution in [2.45, 2.75) is 221 Å². The van der Waals surface area contributed by atoms with Gasteiger partial charge in [0.05, 0.1) is 58.5 Å². The van der Waals surface area contributed by atoms with Crippen LogP contribution in [0.3, 0.4) is 0 Å². The molecule has 0 amide bonds. The zero-order valence-corrected chi connectivity index (χ0v) is 43.1. The monoisotopic (exact) mass is 894 g/mol. The predicted molar refractivity (Wildman–Crippen MR) is 270 cm³/mol. The second kappa shape index (κ2) is 29.8. The summed E-state index contributed by atoms with van der Waals surface area (Å²) in [5, 5.41) is 0. The van der Waals surface area contributed by atoms with Crippen LogP contribution in [-0.4, -0.2) is 89.1 Å². The summed E-state index contributed by atoms with van der Waals surface area (Å²) in [6.07, 6.45) is 44.1. The van der Waals surface area contributed by atoms with Crippen molar-refractivity contribution in [2.75, 3.05) is 65.9 Å². The molecule has 0 spiro atoms. The summed E-state index contributed by atoms with van der Waals surface area (Å²) in [6.45, 7) is 24.6. The molecule has 6 heteroatoms. The fourth-order valence-electron chi connectivity index (χ4n) is 13.6. The largest absolute Gasteiger partial charge is 0.379 e. The molecule has 1 aliphatic heterocycles. The van der Waals surface area contributed by atoms with Gasteiger partial charge in [0.2, 0.25) is 0 Å². The standard InChI is InChI=1S/C58H103NO5/c1-8-10-11-12-13-14-15-16-17-18-19-20-21-22-23-24-37-61-46-52(44-59-36-38-62-45-48(59)5)64-42-40-60-39-41-63-51-32-34-57(6)50(43-51)28-29-53-55-31-30-54(58(55,7)35-33-56(53)57)49(9-2)27-25-26-47(3)4/h13-14,16-17,28,47-49,51-56H,8-12,15,18-27,29-46H2,1-7H3/b14-13-,17-16-/t48-,49?,51?,52?,53?,54?,55-,56-,57?,58?/m0/s1. The van der Waals surface area contributed by atoms with Crippen molar-refractivity contribution >= 4 is 0 Å². The lowest BCUT2D eigenvalue weighted by Crippen LogP contribution is -2.51. The smallest absolute Gasteiger partial charge is 0.0936 e. The topological polar surface area (TPSA) is 49.4 Å². The molecule has 1 heterocycles. The first-order valence-corrected chi connectivity index (χ1v) is 27.9. The van der Waals surface area contributed by atoms with Crippen LogP contribution in [0, 0.1) is 46.3 Å². The van der Waals surface area contributed by atoms with Crippen LogP contribution < -0.4 is 0 Å². The van der Waals surface area contributed by atoms with Gasteiger partial charge in [-0.05, 0) is 143 Å². The minimum absolute atomic E-state index is 0.0470. The summed E-state index contributed by atoms with van der Waals surface area (Å²) >= 11 is 0. The van der Waals surface area contributed by atoms with E-state index in [9.17, 15) is 0 Å². The van der Waals surface area contributed by atoms with Gasteiger partial charge in [-0.1, -0.05) is 142 Å². The van der Waals surface area contributed by atoms with Gasteiger partial charge >= 0.3 is 0 Å². The van der Waals surface area contributed by atoms with E-state index in [4.69, 9.17) is 23.7 Å². The van der Waals surface area contributed by atoms with Crippen molar-refractivity contribution in [2.24, 2.45) is 46.3 Å². The maximum atomic E-state index is 6.53. The van der Waals surface area contributed by atoms with Gasteiger partial charge in [0, 0.05) is 25.7 Å². The first-order chi connectivity index (χ1) is 31.2. The van der Waals surface area contributed by atoms with Crippen LogP contribution in [0.4, 0.5) is 0 Å². The Labute approximate surface area is 396 Å². The van der Waals surface area contributed by atoms with E-state index in [0.29, 0.717) is 56.0 Å². The zero-order valence-electron chi connectivity index (χ0n) is 43.1. The quantitative estimate of drug-likeness (QED) is 0.0483. The van der Waals surface area contributed by atoms with E-state index in [2.05, 4.69) is 83.7 Å². The third-order valence-corrected chi connectivity index (χ3v) is 17.5. The van der Waals surface area contributed by atoms with Gasteiger partial charge in [0.15, 0.2) is 0 Å². The van der Waals surface area contributed by atoms with Gasteiger partial charge in [0.25, 0.3) is 0 Å². The molecule has 10 atom stereocenters. The first kappa shape index (κ1) is 53.9. The second-order valence-electron chi connectivity index (χ2n) is 22.4. The second-order valence-corrected chi connectivity index (χ2v) is 22.4. The highest BCUT2D eigenvalue weighted by atomic mass is 16.6. The van der Waals surface area contributed by atoms with Crippen LogP contribution in [0.5, 0.6) is 0 Å². The Kier molecular flexibility index (Phi) is 25.1. The fraction of sp³-hybridized carbons (Fsp3) is 0.897. The van der Waals surface area contributed by atoms with Crippen LogP contribution in [0.1, 0.15) is 203 Å². The highest BCUT2D eigenvalue weighted by Crippen LogP contribution is 2.67. The van der Waals surface area contributed by atoms with Gasteiger partial charge in [-0.2, -0.15) is 0 Å². The van der Waals surface area contributed by atoms with Gasteiger partial charge in [-0.25, -0.2) is 0 Å². The molecule has 0 bridgehead atoms. The molecule has 1 saturated heterocycles. The number of rotatable bonds is 33. The third-order valence-electron chi connectivity index (χ3n) is 17.5. The molecule has 4 aliphatic carbocycles. The Hall–Kier alpha value is -1.02. The zero-order chi connectivity index (χ0) is 45.5. The molecule has 0 aromatic heterocycles. The lowest BCUT2D eigenvalue weighted by atomic mass is 9.47. The first-order valence-electron chi connectivity index (χ1n) is 27.9. The van der Waals surface area contributed by atoms with Crippen LogP contribution in [0.25, 0.3) is 0 Å². The number of ether oxygens (including phenoxy) is 5. The van der Waals surface area contributed by atoms with Crippen LogP contribution >= 0.6 is 0 Å². The lowest BCUT2D eigenvalue weighted by Gasteiger charge is -2.58. The Bertz CT molecular complexity index is 1330. The molecule has 0 aromatic carbocycles. The van der Waals surface area contributed by atoms with E-state index in [0.717, 1.165) is 87.7 Å². The van der Waals surface area contributed by atoms with Crippen molar-refractivity contribution < 1.29 is 23.7 Å². The van der Waals surface area contributed by atoms with E-state index in [1.807, 2.05) is 0 Å². The number of allylic oxidation sites excluding steroid dienone is 5. The number of unbranched alkanes of at least 4 members (excludes halogenated alkanes) is 9. The summed E-state index contributed by atoms with van der Waals surface area (Å²) in [4.78, 5) is 2.50. The van der Waals surface area contributed by atoms with E-state index >= 15 is 0 Å². The molecule has 5 rings (SSSR count). The summed E-state index contributed by atoms with van der Waals surface area (Å²) in [6, 6.07) is 0.408. The Morgan fingerprint density at radius 1 is 0.781 bits per heavy atom. The summed E-state index contributed by atoms with van der Waals surface area (Å²) < 4.78 is 31.0. The number of morpholine rings is 1. The van der Waals surface area contributed by atoms with Gasteiger partial charge in [0.1, 0.15) is 0 Å². The highest BCUT2D eigenvalue weighted by Gasteiger charge is 2.59. The molecule has 0 N–H and O–H groups in total. The normalized spacial score (nSPS) is 30.8. The molecule has 7 unspecified atom stereocenters. The van der Waals surface area contributed by atoms with Crippen LogP contribution in [0.15, 0.2) is 36.0 Å². The minimum atomic E-state index is 0.0470. The summed E-state index contributed by atoms with van der Waals surface area (Å²) in [5.41, 5.74) is 2.66. The molecule has 4 fully saturated rings. The molecule has 6 nitrogen and oxygen atoms in total. The Morgan fingerprint density at radius 2 is 1.55 bits per heavy atom. The molecular formula is C58H103NO5. The lowest BCUT2D eigenvalue weighted by molar-refractivity contribution is -0.0813. The van der Waals surface area contributed by atoms with E-state index < -0.39 is 0 Å². The Morgan fingerprint density at radius 3 is 2.31 bits per heavy atom. The molecule has 64 heavy (non-hydrogen) atoms. The molecule has 370 valence electrons. The van der Waals surface area contributed by atoms with Crippen LogP contribution in [-0.2, 0) is 23.7 Å². The number of fused-ring (bicyclic) bond motifs is 5. The van der Waals surface area contributed by atoms with Gasteiger partial charge < -0.3 is 23.7 Å². The van der Waals surface area contributed by atoms with E-state index in [1.165, 1.54) is 135 Å². The SMILES string of the molecule is CCCCC/C=C\C/C=C\CCCCCCCCOCC(CN1CCOC[C@@H]1C)OCCOCCOC1CCC2(C)C(=CCC3[C@@H]2CCC2(C)C(C(CC)CCCC(C)C)CC[C@@H]32)C1. The number of hydrogen-bond acceptors (Lipinski definition) is 6. The van der Waals surface area contributed by atoms with E-state index in [1.54, 1.807) is 5.57 Å². The van der Waals surface area contributed by atoms with Crippen molar-refractivity contribution in [1.29, 1.82) is 0 Å². The van der Waals surface area contributed by atoms with Gasteiger partial charge in [-0.3, -0.25) is 4.90 Å². The molecule has 0 radical (unpaired) electrons. The molecular weight excluding hydrogens is 791 g/mol. The fourth-order valence-corrected chi connectivity index (χ4v) is 13.6. The minimum Gasteiger partial charge on any atom is -0.379 e. The van der Waals surface area contributed by atoms with Crippen molar-refractivity contribution in [3.8, 4) is 0 Å².